The van der Waals surface area contributed by atoms with Crippen LogP contribution in [0.1, 0.15) is 20.3 Å². The third-order valence-electron chi connectivity index (χ3n) is 4.54. The van der Waals surface area contributed by atoms with Crippen LogP contribution in [0.5, 0.6) is 0 Å². The zero-order valence-corrected chi connectivity index (χ0v) is 19.5. The molecule has 2 nitrogen and oxygen atoms in total. The molecule has 0 radical (unpaired) electrons. The van der Waals surface area contributed by atoms with E-state index in [2.05, 4.69) is 0 Å². The highest BCUT2D eigenvalue weighted by molar-refractivity contribution is 6.85. The van der Waals surface area contributed by atoms with Gasteiger partial charge in [0, 0.05) is 27.7 Å². The Morgan fingerprint density at radius 3 is 1.34 bits per heavy atom. The molecule has 0 saturated carbocycles. The van der Waals surface area contributed by atoms with Crippen molar-refractivity contribution in [2.45, 2.75) is 80.9 Å². The maximum atomic E-state index is 14.0. The molecule has 0 amide bonds. The summed E-state index contributed by atoms with van der Waals surface area (Å²) < 4.78 is 182. The fourth-order valence-corrected chi connectivity index (χ4v) is 9.74. The van der Waals surface area contributed by atoms with Crippen molar-refractivity contribution < 1.29 is 65.9 Å². The summed E-state index contributed by atoms with van der Waals surface area (Å²) in [4.78, 5) is 0. The maximum absolute atomic E-state index is 14.0. The molecule has 0 aliphatic heterocycles. The molecule has 32 heavy (non-hydrogen) atoms. The third-order valence-corrected chi connectivity index (χ3v) is 13.3. The molecule has 0 aromatic carbocycles. The van der Waals surface area contributed by atoms with E-state index < -0.39 is 65.6 Å². The van der Waals surface area contributed by atoms with Crippen LogP contribution in [0.25, 0.3) is 0 Å². The van der Waals surface area contributed by atoms with Crippen molar-refractivity contribution in [1.29, 1.82) is 0 Å². The first-order chi connectivity index (χ1) is 13.9. The van der Waals surface area contributed by atoms with Crippen LogP contribution in [-0.4, -0.2) is 66.4 Å². The lowest BCUT2D eigenvalue weighted by Gasteiger charge is -2.40. The van der Waals surface area contributed by atoms with Crippen LogP contribution in [0, 0.1) is 0 Å². The monoisotopic (exact) mass is 538 g/mol. The van der Waals surface area contributed by atoms with E-state index in [0.29, 0.717) is 0 Å². The van der Waals surface area contributed by atoms with Crippen LogP contribution in [-0.2, 0) is 8.85 Å². The molecule has 0 aromatic rings. The summed E-state index contributed by atoms with van der Waals surface area (Å²) in [5.74, 6) is -36.5. The lowest BCUT2D eigenvalue weighted by molar-refractivity contribution is -0.439. The second kappa shape index (κ2) is 9.97. The summed E-state index contributed by atoms with van der Waals surface area (Å²) in [6.45, 7) is 6.24. The SMILES string of the molecule is CCO[SiH](C[Si](C)(C)CCC(F)(F)C(F)(F)C(F)(F)C(F)(F)C(F)(F)C(F)(F)F)OCC. The predicted octanol–water partition coefficient (Wildman–Crippen LogP) is 6.66. The average molecular weight is 538 g/mol. The van der Waals surface area contributed by atoms with E-state index in [1.54, 1.807) is 13.8 Å². The minimum Gasteiger partial charge on any atom is -0.397 e. The van der Waals surface area contributed by atoms with Gasteiger partial charge in [-0.15, -0.1) is 0 Å². The van der Waals surface area contributed by atoms with Crippen LogP contribution in [0.2, 0.25) is 24.8 Å². The van der Waals surface area contributed by atoms with Gasteiger partial charge in [-0.25, -0.2) is 0 Å². The summed E-state index contributed by atoms with van der Waals surface area (Å²) in [6.07, 6.45) is -9.56. The lowest BCUT2D eigenvalue weighted by Crippen LogP contribution is -2.70. The molecule has 0 unspecified atom stereocenters. The van der Waals surface area contributed by atoms with Gasteiger partial charge in [-0.05, 0) is 19.5 Å². The van der Waals surface area contributed by atoms with Gasteiger partial charge in [0.25, 0.3) is 0 Å². The molecule has 0 N–H and O–H groups in total. The zero-order chi connectivity index (χ0) is 26.0. The summed E-state index contributed by atoms with van der Waals surface area (Å²) >= 11 is 0. The molecule has 0 aromatic heterocycles. The highest BCUT2D eigenvalue weighted by Crippen LogP contribution is 2.60. The van der Waals surface area contributed by atoms with E-state index in [1.807, 2.05) is 0 Å². The molecule has 0 atom stereocenters. The average Bonchev–Trinajstić information content (AvgIpc) is 2.58. The standard InChI is InChI=1S/C15H23F13O2Si2/c1-5-29-31(30-6-2)9-32(3,4)8-7-10(16,17)11(18,19)12(20,21)13(22,23)14(24,25)15(26,27)28/h31H,5-9H2,1-4H3. The Bertz CT molecular complexity index is 603. The number of hydrogen-bond acceptors (Lipinski definition) is 2. The van der Waals surface area contributed by atoms with Gasteiger partial charge in [-0.1, -0.05) is 19.1 Å². The first-order valence-electron chi connectivity index (χ1n) is 9.14. The Hall–Kier alpha value is -0.556. The van der Waals surface area contributed by atoms with Gasteiger partial charge in [0.1, 0.15) is 0 Å². The smallest absolute Gasteiger partial charge is 0.397 e. The van der Waals surface area contributed by atoms with Crippen LogP contribution in [0.15, 0.2) is 0 Å². The first-order valence-corrected chi connectivity index (χ1v) is 14.3. The van der Waals surface area contributed by atoms with E-state index in [4.69, 9.17) is 8.85 Å². The Morgan fingerprint density at radius 2 is 1.00 bits per heavy atom. The molecule has 0 fully saturated rings. The van der Waals surface area contributed by atoms with Crippen molar-refractivity contribution in [2.75, 3.05) is 13.2 Å². The van der Waals surface area contributed by atoms with E-state index in [-0.39, 0.29) is 18.9 Å². The summed E-state index contributed by atoms with van der Waals surface area (Å²) in [6, 6.07) is -0.878. The van der Waals surface area contributed by atoms with E-state index in [0.717, 1.165) is 0 Å². The van der Waals surface area contributed by atoms with Crippen molar-refractivity contribution in [3.05, 3.63) is 0 Å². The summed E-state index contributed by atoms with van der Waals surface area (Å²) in [5.41, 5.74) is 0.0367. The molecular weight excluding hydrogens is 515 g/mol. The van der Waals surface area contributed by atoms with Gasteiger partial charge in [-0.2, -0.15) is 57.1 Å². The molecule has 0 spiro atoms. The second-order valence-corrected chi connectivity index (χ2v) is 15.7. The normalized spacial score (nSPS) is 15.6. The summed E-state index contributed by atoms with van der Waals surface area (Å²) in [7, 11) is -5.42. The summed E-state index contributed by atoms with van der Waals surface area (Å²) in [5, 5.41) is 0. The highest BCUT2D eigenvalue weighted by atomic mass is 28.4. The van der Waals surface area contributed by atoms with Gasteiger partial charge < -0.3 is 8.85 Å². The molecule has 194 valence electrons. The molecule has 0 aliphatic rings. The Morgan fingerprint density at radius 1 is 0.625 bits per heavy atom. The van der Waals surface area contributed by atoms with Crippen molar-refractivity contribution in [3.8, 4) is 0 Å². The molecular formula is C15H23F13O2Si2. The predicted molar refractivity (Wildman–Crippen MR) is 92.9 cm³/mol. The first kappa shape index (κ1) is 31.4. The van der Waals surface area contributed by atoms with Gasteiger partial charge >= 0.3 is 45.1 Å². The highest BCUT2D eigenvalue weighted by Gasteiger charge is 2.90. The molecule has 0 rings (SSSR count). The van der Waals surface area contributed by atoms with Gasteiger partial charge in [0.15, 0.2) is 0 Å². The molecule has 0 saturated heterocycles. The molecule has 0 aliphatic carbocycles. The Kier molecular flexibility index (Phi) is 9.80. The van der Waals surface area contributed by atoms with Gasteiger partial charge in [0.2, 0.25) is 0 Å². The van der Waals surface area contributed by atoms with Crippen LogP contribution in [0.4, 0.5) is 57.1 Å². The van der Waals surface area contributed by atoms with Crippen LogP contribution in [0.3, 0.4) is 0 Å². The Labute approximate surface area is 178 Å². The van der Waals surface area contributed by atoms with Gasteiger partial charge in [-0.3, -0.25) is 0 Å². The Balaban J connectivity index is 5.81. The van der Waals surface area contributed by atoms with Crippen molar-refractivity contribution >= 4 is 17.4 Å². The molecule has 17 heteroatoms. The van der Waals surface area contributed by atoms with Crippen LogP contribution < -0.4 is 0 Å². The fraction of sp³-hybridized carbons (Fsp3) is 1.00. The third kappa shape index (κ3) is 6.11. The number of rotatable bonds is 13. The number of halogens is 13. The van der Waals surface area contributed by atoms with E-state index >= 15 is 0 Å². The van der Waals surface area contributed by atoms with Crippen molar-refractivity contribution in [2.24, 2.45) is 0 Å². The quantitative estimate of drug-likeness (QED) is 0.193. The lowest BCUT2D eigenvalue weighted by atomic mass is 9.93. The van der Waals surface area contributed by atoms with E-state index in [9.17, 15) is 57.1 Å². The minimum atomic E-state index is -7.86. The number of alkyl halides is 13. The fourth-order valence-electron chi connectivity index (χ4n) is 2.55. The topological polar surface area (TPSA) is 18.5 Å². The van der Waals surface area contributed by atoms with Crippen molar-refractivity contribution in [1.82, 2.24) is 0 Å². The zero-order valence-electron chi connectivity index (χ0n) is 17.3. The minimum absolute atomic E-state index is 0.0367. The molecule has 0 bridgehead atoms. The second-order valence-electron chi connectivity index (χ2n) is 7.71. The number of hydrogen-bond donors (Lipinski definition) is 0. The largest absolute Gasteiger partial charge is 0.460 e. The van der Waals surface area contributed by atoms with E-state index in [1.165, 1.54) is 13.1 Å². The molecule has 0 heterocycles. The van der Waals surface area contributed by atoms with Crippen molar-refractivity contribution in [3.63, 3.8) is 0 Å². The van der Waals surface area contributed by atoms with Gasteiger partial charge in [0.05, 0.1) is 0 Å². The maximum Gasteiger partial charge on any atom is 0.460 e. The van der Waals surface area contributed by atoms with Crippen LogP contribution >= 0.6 is 0 Å².